The first-order valence-corrected chi connectivity index (χ1v) is 8.36. The Bertz CT molecular complexity index is 373. The predicted molar refractivity (Wildman–Crippen MR) is 80.3 cm³/mol. The van der Waals surface area contributed by atoms with Gasteiger partial charge in [0.15, 0.2) is 0 Å². The van der Waals surface area contributed by atoms with Crippen molar-refractivity contribution >= 4 is 5.91 Å². The summed E-state index contributed by atoms with van der Waals surface area (Å²) in [4.78, 5) is 17.6. The van der Waals surface area contributed by atoms with Gasteiger partial charge in [-0.05, 0) is 51.5 Å². The molecule has 4 nitrogen and oxygen atoms in total. The molecule has 4 heteroatoms. The Morgan fingerprint density at radius 1 is 1.15 bits per heavy atom. The SMILES string of the molecule is CC1CC(C(=O)N2CC3CCCN3CC2C)CCC1N. The van der Waals surface area contributed by atoms with E-state index in [-0.39, 0.29) is 5.92 Å². The lowest BCUT2D eigenvalue weighted by molar-refractivity contribution is -0.142. The molecule has 3 fully saturated rings. The lowest BCUT2D eigenvalue weighted by atomic mass is 9.78. The van der Waals surface area contributed by atoms with Crippen molar-refractivity contribution in [3.05, 3.63) is 0 Å². The molecule has 5 atom stereocenters. The van der Waals surface area contributed by atoms with Gasteiger partial charge in [0.05, 0.1) is 0 Å². The maximum Gasteiger partial charge on any atom is 0.226 e. The van der Waals surface area contributed by atoms with Crippen LogP contribution in [0.25, 0.3) is 0 Å². The lowest BCUT2D eigenvalue weighted by Crippen LogP contribution is -2.58. The Kier molecular flexibility index (Phi) is 4.04. The molecule has 1 amide bonds. The van der Waals surface area contributed by atoms with E-state index in [0.29, 0.717) is 30.0 Å². The third kappa shape index (κ3) is 2.60. The molecule has 0 aromatic heterocycles. The molecule has 3 rings (SSSR count). The monoisotopic (exact) mass is 279 g/mol. The number of carbonyl (C=O) groups excluding carboxylic acids is 1. The van der Waals surface area contributed by atoms with Crippen molar-refractivity contribution in [3.63, 3.8) is 0 Å². The highest BCUT2D eigenvalue weighted by atomic mass is 16.2. The number of hydrogen-bond acceptors (Lipinski definition) is 3. The number of rotatable bonds is 1. The first-order chi connectivity index (χ1) is 9.56. The van der Waals surface area contributed by atoms with Crippen LogP contribution >= 0.6 is 0 Å². The predicted octanol–water partition coefficient (Wildman–Crippen LogP) is 1.45. The van der Waals surface area contributed by atoms with E-state index in [1.165, 1.54) is 19.4 Å². The number of hydrogen-bond donors (Lipinski definition) is 1. The van der Waals surface area contributed by atoms with E-state index in [1.54, 1.807) is 0 Å². The summed E-state index contributed by atoms with van der Waals surface area (Å²) in [5.74, 6) is 1.11. The lowest BCUT2D eigenvalue weighted by Gasteiger charge is -2.44. The standard InChI is InChI=1S/C16H29N3O/c1-11-8-13(5-6-15(11)17)16(20)19-10-14-4-3-7-18(14)9-12(19)2/h11-15H,3-10,17H2,1-2H3. The third-order valence-corrected chi connectivity index (χ3v) is 5.81. The largest absolute Gasteiger partial charge is 0.337 e. The number of carbonyl (C=O) groups is 1. The average Bonchev–Trinajstić information content (AvgIpc) is 2.87. The van der Waals surface area contributed by atoms with Crippen LogP contribution in [0, 0.1) is 11.8 Å². The summed E-state index contributed by atoms with van der Waals surface area (Å²) in [5.41, 5.74) is 6.08. The van der Waals surface area contributed by atoms with E-state index in [9.17, 15) is 4.79 Å². The number of piperazine rings is 1. The van der Waals surface area contributed by atoms with Crippen LogP contribution in [-0.2, 0) is 4.79 Å². The van der Waals surface area contributed by atoms with Crippen LogP contribution in [0.5, 0.6) is 0 Å². The Labute approximate surface area is 122 Å². The van der Waals surface area contributed by atoms with E-state index in [4.69, 9.17) is 5.73 Å². The smallest absolute Gasteiger partial charge is 0.226 e. The van der Waals surface area contributed by atoms with Crippen LogP contribution in [0.1, 0.15) is 46.0 Å². The zero-order valence-corrected chi connectivity index (χ0v) is 12.9. The second-order valence-corrected chi connectivity index (χ2v) is 7.28. The minimum Gasteiger partial charge on any atom is -0.337 e. The Balaban J connectivity index is 1.64. The minimum atomic E-state index is 0.222. The fraction of sp³-hybridized carbons (Fsp3) is 0.938. The quantitative estimate of drug-likeness (QED) is 0.790. The molecule has 3 aliphatic rings. The summed E-state index contributed by atoms with van der Waals surface area (Å²) in [7, 11) is 0. The molecule has 114 valence electrons. The van der Waals surface area contributed by atoms with Crippen molar-refractivity contribution in [3.8, 4) is 0 Å². The molecule has 20 heavy (non-hydrogen) atoms. The van der Waals surface area contributed by atoms with Crippen LogP contribution < -0.4 is 5.73 Å². The summed E-state index contributed by atoms with van der Waals surface area (Å²) < 4.78 is 0. The van der Waals surface area contributed by atoms with Crippen molar-refractivity contribution in [1.29, 1.82) is 0 Å². The molecule has 0 radical (unpaired) electrons. The van der Waals surface area contributed by atoms with Gasteiger partial charge in [-0.25, -0.2) is 0 Å². The van der Waals surface area contributed by atoms with Gasteiger partial charge < -0.3 is 10.6 Å². The molecule has 1 saturated carbocycles. The molecule has 0 aromatic carbocycles. The van der Waals surface area contributed by atoms with E-state index >= 15 is 0 Å². The molecule has 2 heterocycles. The normalized spacial score (nSPS) is 42.5. The van der Waals surface area contributed by atoms with Crippen LogP contribution in [0.4, 0.5) is 0 Å². The third-order valence-electron chi connectivity index (χ3n) is 5.81. The zero-order valence-electron chi connectivity index (χ0n) is 12.9. The molecule has 0 aromatic rings. The second kappa shape index (κ2) is 5.64. The van der Waals surface area contributed by atoms with Crippen molar-refractivity contribution in [1.82, 2.24) is 9.80 Å². The Morgan fingerprint density at radius 3 is 2.70 bits per heavy atom. The summed E-state index contributed by atoms with van der Waals surface area (Å²) >= 11 is 0. The van der Waals surface area contributed by atoms with Crippen LogP contribution in [0.3, 0.4) is 0 Å². The van der Waals surface area contributed by atoms with Gasteiger partial charge in [-0.2, -0.15) is 0 Å². The topological polar surface area (TPSA) is 49.6 Å². The van der Waals surface area contributed by atoms with Crippen LogP contribution in [-0.4, -0.2) is 53.5 Å². The number of amides is 1. The molecule has 2 saturated heterocycles. The van der Waals surface area contributed by atoms with E-state index < -0.39 is 0 Å². The van der Waals surface area contributed by atoms with Gasteiger partial charge in [-0.1, -0.05) is 6.92 Å². The molecule has 1 aliphatic carbocycles. The van der Waals surface area contributed by atoms with Crippen LogP contribution in [0.15, 0.2) is 0 Å². The fourth-order valence-electron chi connectivity index (χ4n) is 4.37. The van der Waals surface area contributed by atoms with Crippen molar-refractivity contribution < 1.29 is 4.79 Å². The van der Waals surface area contributed by atoms with Gasteiger partial charge in [-0.3, -0.25) is 9.69 Å². The molecule has 5 unspecified atom stereocenters. The van der Waals surface area contributed by atoms with E-state index in [2.05, 4.69) is 23.6 Å². The molecule has 2 N–H and O–H groups in total. The van der Waals surface area contributed by atoms with E-state index in [1.807, 2.05) is 0 Å². The fourth-order valence-corrected chi connectivity index (χ4v) is 4.37. The van der Waals surface area contributed by atoms with Gasteiger partial charge in [0, 0.05) is 37.1 Å². The number of fused-ring (bicyclic) bond motifs is 1. The zero-order chi connectivity index (χ0) is 14.3. The van der Waals surface area contributed by atoms with Gasteiger partial charge in [0.25, 0.3) is 0 Å². The van der Waals surface area contributed by atoms with Crippen LogP contribution in [0.2, 0.25) is 0 Å². The molecular weight excluding hydrogens is 250 g/mol. The number of nitrogens with two attached hydrogens (primary N) is 1. The minimum absolute atomic E-state index is 0.222. The maximum absolute atomic E-state index is 12.9. The summed E-state index contributed by atoms with van der Waals surface area (Å²) in [6.07, 6.45) is 5.55. The van der Waals surface area contributed by atoms with Gasteiger partial charge in [0.1, 0.15) is 0 Å². The van der Waals surface area contributed by atoms with Gasteiger partial charge in [-0.15, -0.1) is 0 Å². The average molecular weight is 279 g/mol. The van der Waals surface area contributed by atoms with Crippen molar-refractivity contribution in [2.45, 2.75) is 64.1 Å². The van der Waals surface area contributed by atoms with E-state index in [0.717, 1.165) is 32.4 Å². The summed E-state index contributed by atoms with van der Waals surface area (Å²) in [5, 5.41) is 0. The summed E-state index contributed by atoms with van der Waals surface area (Å²) in [6, 6.07) is 1.30. The van der Waals surface area contributed by atoms with Gasteiger partial charge in [0.2, 0.25) is 5.91 Å². The number of nitrogens with zero attached hydrogens (tertiary/aromatic N) is 2. The van der Waals surface area contributed by atoms with Crippen molar-refractivity contribution in [2.75, 3.05) is 19.6 Å². The molecular formula is C16H29N3O. The highest BCUT2D eigenvalue weighted by molar-refractivity contribution is 5.79. The van der Waals surface area contributed by atoms with Gasteiger partial charge >= 0.3 is 0 Å². The molecule has 0 spiro atoms. The highest BCUT2D eigenvalue weighted by Crippen LogP contribution is 2.32. The summed E-state index contributed by atoms with van der Waals surface area (Å²) in [6.45, 7) is 7.66. The first-order valence-electron chi connectivity index (χ1n) is 8.36. The second-order valence-electron chi connectivity index (χ2n) is 7.28. The Morgan fingerprint density at radius 2 is 1.95 bits per heavy atom. The maximum atomic E-state index is 12.9. The Hall–Kier alpha value is -0.610. The molecule has 2 aliphatic heterocycles. The first kappa shape index (κ1) is 14.3. The molecule has 0 bridgehead atoms. The highest BCUT2D eigenvalue weighted by Gasteiger charge is 2.39. The van der Waals surface area contributed by atoms with Crippen molar-refractivity contribution in [2.24, 2.45) is 17.6 Å².